The molecule has 0 saturated carbocycles. The van der Waals surface area contributed by atoms with Gasteiger partial charge in [-0.25, -0.2) is 0 Å². The first kappa shape index (κ1) is 37.6. The molecule has 0 fully saturated rings. The van der Waals surface area contributed by atoms with Crippen LogP contribution in [0.25, 0.3) is 0 Å². The zero-order chi connectivity index (χ0) is 27.9. The molecule has 0 aliphatic carbocycles. The molecule has 0 radical (unpaired) electrons. The molecule has 0 aliphatic heterocycles. The van der Waals surface area contributed by atoms with Crippen LogP contribution in [0.4, 0.5) is 0 Å². The Morgan fingerprint density at radius 3 is 0.722 bits per heavy atom. The van der Waals surface area contributed by atoms with Gasteiger partial charge in [0.25, 0.3) is 0 Å². The van der Waals surface area contributed by atoms with Gasteiger partial charge in [0.05, 0.1) is 0 Å². The molecule has 0 bridgehead atoms. The minimum atomic E-state index is -1.97. The summed E-state index contributed by atoms with van der Waals surface area (Å²) in [6.45, 7) is 14.2. The van der Waals surface area contributed by atoms with Gasteiger partial charge >= 0.3 is 228 Å². The van der Waals surface area contributed by atoms with Crippen LogP contribution < -0.4 is 10.2 Å². The maximum atomic E-state index is 9.27. The summed E-state index contributed by atoms with van der Waals surface area (Å²) in [7, 11) is 0. The van der Waals surface area contributed by atoms with Crippen molar-refractivity contribution in [1.29, 1.82) is 10.5 Å². The summed E-state index contributed by atoms with van der Waals surface area (Å²) in [5.41, 5.74) is 0. The van der Waals surface area contributed by atoms with Gasteiger partial charge in [0, 0.05) is 0 Å². The van der Waals surface area contributed by atoms with E-state index in [9.17, 15) is 10.5 Å². The Morgan fingerprint density at radius 2 is 0.611 bits per heavy atom. The van der Waals surface area contributed by atoms with Crippen LogP contribution >= 0.6 is 13.5 Å². The summed E-state index contributed by atoms with van der Waals surface area (Å²) < 4.78 is 0. The summed E-state index contributed by atoms with van der Waals surface area (Å²) >= 11 is 0. The Kier molecular flexibility index (Phi) is 21.3. The summed E-state index contributed by atoms with van der Waals surface area (Å²) in [6.07, 6.45) is 29.7. The van der Waals surface area contributed by atoms with Crippen LogP contribution in [0.15, 0.2) is 0 Å². The van der Waals surface area contributed by atoms with Crippen molar-refractivity contribution in [3.8, 4) is 12.4 Å². The van der Waals surface area contributed by atoms with E-state index in [2.05, 4.69) is 78.0 Å². The Hall–Kier alpha value is -0.560. The monoisotopic (exact) mass is 544 g/mol. The van der Waals surface area contributed by atoms with E-state index in [0.29, 0.717) is 0 Å². The van der Waals surface area contributed by atoms with Gasteiger partial charge < -0.3 is 0 Å². The Labute approximate surface area is 228 Å². The second-order valence-corrected chi connectivity index (χ2v) is 23.8. The molecular formula is C30H66N4P2. The second kappa shape index (κ2) is 20.4. The average molecular weight is 545 g/mol. The van der Waals surface area contributed by atoms with Crippen LogP contribution in [-0.2, 0) is 0 Å². The number of unbranched alkanes of at least 4 members (excludes halogenated alkanes) is 6. The SMILES string of the molecule is CCCCP(CC)(CCCC)(CCCC)NC#N.CCCCP(CC)(CCCC)(CCCC)NC#N. The van der Waals surface area contributed by atoms with Gasteiger partial charge in [-0.2, -0.15) is 0 Å². The molecule has 0 aromatic carbocycles. The van der Waals surface area contributed by atoms with Gasteiger partial charge in [0.2, 0.25) is 0 Å². The van der Waals surface area contributed by atoms with E-state index in [-0.39, 0.29) is 0 Å². The van der Waals surface area contributed by atoms with Gasteiger partial charge in [-0.3, -0.25) is 0 Å². The molecule has 0 saturated heterocycles. The van der Waals surface area contributed by atoms with Crippen molar-refractivity contribution >= 4 is 13.5 Å². The first-order chi connectivity index (χ1) is 17.2. The van der Waals surface area contributed by atoms with Crippen LogP contribution in [0, 0.1) is 22.9 Å². The molecule has 0 rings (SSSR count). The normalized spacial score (nSPS) is 13.6. The molecule has 0 aromatic rings. The molecule has 6 heteroatoms. The van der Waals surface area contributed by atoms with Crippen LogP contribution in [0.1, 0.15) is 132 Å². The molecule has 0 aromatic heterocycles. The van der Waals surface area contributed by atoms with Crippen molar-refractivity contribution in [2.24, 2.45) is 0 Å². The van der Waals surface area contributed by atoms with Crippen molar-refractivity contribution in [1.82, 2.24) is 10.2 Å². The molecule has 216 valence electrons. The zero-order valence-electron chi connectivity index (χ0n) is 25.9. The fourth-order valence-corrected chi connectivity index (χ4v) is 17.5. The molecule has 0 atom stereocenters. The number of nitriles is 2. The van der Waals surface area contributed by atoms with E-state index in [1.54, 1.807) is 0 Å². The summed E-state index contributed by atoms with van der Waals surface area (Å²) in [4.78, 5) is 0. The predicted molar refractivity (Wildman–Crippen MR) is 171 cm³/mol. The molecule has 0 amide bonds. The topological polar surface area (TPSA) is 71.6 Å². The minimum absolute atomic E-state index is 1.19. The number of nitrogens with one attached hydrogen (secondary N) is 2. The van der Waals surface area contributed by atoms with Gasteiger partial charge in [-0.1, -0.05) is 0 Å². The van der Waals surface area contributed by atoms with E-state index >= 15 is 0 Å². The second-order valence-electron chi connectivity index (χ2n) is 11.5. The van der Waals surface area contributed by atoms with E-state index in [4.69, 9.17) is 0 Å². The summed E-state index contributed by atoms with van der Waals surface area (Å²) in [6, 6.07) is 0. The van der Waals surface area contributed by atoms with Gasteiger partial charge in [0.15, 0.2) is 0 Å². The number of rotatable bonds is 22. The van der Waals surface area contributed by atoms with Crippen molar-refractivity contribution in [2.75, 3.05) is 49.3 Å². The van der Waals surface area contributed by atoms with Gasteiger partial charge in [-0.05, 0) is 0 Å². The van der Waals surface area contributed by atoms with E-state index in [1.165, 1.54) is 126 Å². The summed E-state index contributed by atoms with van der Waals surface area (Å²) in [5.74, 6) is 0. The van der Waals surface area contributed by atoms with Gasteiger partial charge in [-0.15, -0.1) is 0 Å². The molecule has 0 unspecified atom stereocenters. The van der Waals surface area contributed by atoms with E-state index in [0.717, 1.165) is 0 Å². The first-order valence-electron chi connectivity index (χ1n) is 15.6. The molecule has 36 heavy (non-hydrogen) atoms. The fraction of sp³-hybridized carbons (Fsp3) is 0.933. The van der Waals surface area contributed by atoms with Crippen LogP contribution in [0.3, 0.4) is 0 Å². The van der Waals surface area contributed by atoms with Crippen LogP contribution in [-0.4, -0.2) is 49.3 Å². The molecule has 2 N–H and O–H groups in total. The maximum absolute atomic E-state index is 9.27. The predicted octanol–water partition coefficient (Wildman–Crippen LogP) is 9.89. The Bertz CT molecular complexity index is 520. The third-order valence-electron chi connectivity index (χ3n) is 8.98. The third-order valence-corrected chi connectivity index (χ3v) is 22.7. The zero-order valence-corrected chi connectivity index (χ0v) is 27.7. The van der Waals surface area contributed by atoms with Crippen molar-refractivity contribution in [2.45, 2.75) is 132 Å². The van der Waals surface area contributed by atoms with Crippen LogP contribution in [0.5, 0.6) is 0 Å². The molecule has 0 aliphatic rings. The standard InChI is InChI=1S/2C15H33N2P/c2*1-5-9-12-18(8-4,17-15-16,13-10-6-2)14-11-7-3/h2*17H,5-14H2,1-4H3. The molecule has 0 heterocycles. The molecule has 0 spiro atoms. The Morgan fingerprint density at radius 1 is 0.417 bits per heavy atom. The number of hydrogen-bond acceptors (Lipinski definition) is 4. The third kappa shape index (κ3) is 12.3. The Balaban J connectivity index is 0. The fourth-order valence-electron chi connectivity index (χ4n) is 5.83. The quantitative estimate of drug-likeness (QED) is 0.0808. The summed E-state index contributed by atoms with van der Waals surface area (Å²) in [5, 5.41) is 25.3. The van der Waals surface area contributed by atoms with Gasteiger partial charge in [0.1, 0.15) is 0 Å². The molecular weight excluding hydrogens is 478 g/mol. The number of hydrogen-bond donors (Lipinski definition) is 2. The van der Waals surface area contributed by atoms with Crippen LogP contribution in [0.2, 0.25) is 0 Å². The van der Waals surface area contributed by atoms with E-state index in [1.807, 2.05) is 0 Å². The number of nitrogens with zero attached hydrogens (tertiary/aromatic N) is 2. The van der Waals surface area contributed by atoms with Crippen molar-refractivity contribution in [3.05, 3.63) is 0 Å². The van der Waals surface area contributed by atoms with Crippen molar-refractivity contribution in [3.63, 3.8) is 0 Å². The van der Waals surface area contributed by atoms with E-state index < -0.39 is 13.5 Å². The first-order valence-corrected chi connectivity index (χ1v) is 21.5. The van der Waals surface area contributed by atoms with Crippen molar-refractivity contribution < 1.29 is 0 Å². The molecule has 4 nitrogen and oxygen atoms in total. The average Bonchev–Trinajstić information content (AvgIpc) is 2.91.